The van der Waals surface area contributed by atoms with Gasteiger partial charge in [-0.3, -0.25) is 4.79 Å². The first kappa shape index (κ1) is 15.0. The molecule has 1 amide bonds. The van der Waals surface area contributed by atoms with E-state index in [1.165, 1.54) is 21.6 Å². The van der Waals surface area contributed by atoms with Crippen LogP contribution in [0.15, 0.2) is 42.7 Å². The molecule has 0 fully saturated rings. The summed E-state index contributed by atoms with van der Waals surface area (Å²) in [6, 6.07) is 10.4. The van der Waals surface area contributed by atoms with Gasteiger partial charge < -0.3 is 4.90 Å². The van der Waals surface area contributed by atoms with Gasteiger partial charge in [0.15, 0.2) is 5.83 Å². The molecule has 2 heterocycles. The number of hydrogen-bond donors (Lipinski definition) is 0. The molecule has 1 aliphatic heterocycles. The Morgan fingerprint density at radius 2 is 2.05 bits per heavy atom. The Labute approximate surface area is 133 Å². The number of fused-ring (bicyclic) bond motifs is 1. The topological polar surface area (TPSA) is 20.3 Å². The summed E-state index contributed by atoms with van der Waals surface area (Å²) < 4.78 is 13.3. The van der Waals surface area contributed by atoms with Gasteiger partial charge in [0.2, 0.25) is 0 Å². The van der Waals surface area contributed by atoms with E-state index in [9.17, 15) is 9.18 Å². The Kier molecular flexibility index (Phi) is 3.87. The molecule has 0 aliphatic carbocycles. The highest BCUT2D eigenvalue weighted by Gasteiger charge is 2.32. The highest BCUT2D eigenvalue weighted by Crippen LogP contribution is 2.39. The lowest BCUT2D eigenvalue weighted by Gasteiger charge is -2.33. The van der Waals surface area contributed by atoms with Crippen LogP contribution in [0.25, 0.3) is 0 Å². The minimum atomic E-state index is -0.889. The Balaban J connectivity index is 2.06. The number of carbonyl (C=O) groups excluding carboxylic acids is 1. The third kappa shape index (κ3) is 2.59. The van der Waals surface area contributed by atoms with Crippen LogP contribution in [0, 0.1) is 13.8 Å². The van der Waals surface area contributed by atoms with E-state index in [1.807, 2.05) is 12.1 Å². The van der Waals surface area contributed by atoms with Gasteiger partial charge in [-0.05, 0) is 36.6 Å². The fourth-order valence-corrected chi connectivity index (χ4v) is 4.24. The maximum Gasteiger partial charge on any atom is 0.282 e. The molecule has 0 bridgehead atoms. The van der Waals surface area contributed by atoms with Crippen LogP contribution in [0.3, 0.4) is 0 Å². The lowest BCUT2D eigenvalue weighted by atomic mass is 9.86. The fourth-order valence-electron chi connectivity index (χ4n) is 3.13. The molecule has 0 saturated heterocycles. The summed E-state index contributed by atoms with van der Waals surface area (Å²) in [6.07, 6.45) is 0. The molecule has 1 atom stereocenters. The number of hydrogen-bond acceptors (Lipinski definition) is 2. The first-order chi connectivity index (χ1) is 10.5. The van der Waals surface area contributed by atoms with Crippen LogP contribution in [0.1, 0.15) is 32.4 Å². The van der Waals surface area contributed by atoms with Gasteiger partial charge in [0.05, 0.1) is 6.54 Å². The summed E-state index contributed by atoms with van der Waals surface area (Å²) in [7, 11) is 0. The molecular weight excluding hydrogens is 297 g/mol. The minimum absolute atomic E-state index is 0.0956. The predicted molar refractivity (Wildman–Crippen MR) is 87.7 cm³/mol. The second-order valence-corrected chi connectivity index (χ2v) is 7.08. The number of nitrogens with zero attached hydrogens (tertiary/aromatic N) is 1. The standard InChI is InChI=1S/C18H18FNOS/c1-11-6-4-5-7-14(11)16-9-20(18(21)13(3)19)10-17-15(16)8-12(2)22-17/h4-8,16H,3,9-10H2,1-2H3/t16-/m1/s1. The first-order valence-corrected chi connectivity index (χ1v) is 8.07. The van der Waals surface area contributed by atoms with E-state index in [0.717, 1.165) is 4.88 Å². The highest BCUT2D eigenvalue weighted by atomic mass is 32.1. The van der Waals surface area contributed by atoms with Crippen LogP contribution >= 0.6 is 11.3 Å². The first-order valence-electron chi connectivity index (χ1n) is 7.25. The molecular formula is C18H18FNOS. The zero-order valence-electron chi connectivity index (χ0n) is 12.7. The Morgan fingerprint density at radius 1 is 1.32 bits per heavy atom. The SMILES string of the molecule is C=C(F)C(=O)N1Cc2sc(C)cc2[C@@H](c2ccccc2C)C1. The van der Waals surface area contributed by atoms with Crippen LogP contribution in [-0.4, -0.2) is 17.4 Å². The summed E-state index contributed by atoms with van der Waals surface area (Å²) in [6.45, 7) is 8.26. The molecule has 1 aromatic heterocycles. The Morgan fingerprint density at radius 3 is 2.73 bits per heavy atom. The van der Waals surface area contributed by atoms with Gasteiger partial charge in [-0.25, -0.2) is 4.39 Å². The summed E-state index contributed by atoms with van der Waals surface area (Å²) in [5.41, 5.74) is 3.66. The molecule has 0 saturated carbocycles. The quantitative estimate of drug-likeness (QED) is 0.756. The van der Waals surface area contributed by atoms with E-state index in [1.54, 1.807) is 16.2 Å². The van der Waals surface area contributed by atoms with Crippen molar-refractivity contribution >= 4 is 17.2 Å². The largest absolute Gasteiger partial charge is 0.331 e. The average Bonchev–Trinajstić information content (AvgIpc) is 2.86. The predicted octanol–water partition coefficient (Wildman–Crippen LogP) is 4.32. The van der Waals surface area contributed by atoms with Crippen LogP contribution in [0.4, 0.5) is 4.39 Å². The van der Waals surface area contributed by atoms with Crippen molar-refractivity contribution in [2.75, 3.05) is 6.54 Å². The fraction of sp³-hybridized carbons (Fsp3) is 0.278. The molecule has 22 heavy (non-hydrogen) atoms. The maximum atomic E-state index is 13.3. The number of halogens is 1. The normalized spacial score (nSPS) is 17.2. The van der Waals surface area contributed by atoms with Crippen molar-refractivity contribution in [1.82, 2.24) is 4.90 Å². The van der Waals surface area contributed by atoms with Gasteiger partial charge >= 0.3 is 0 Å². The number of benzene rings is 1. The van der Waals surface area contributed by atoms with Crippen molar-refractivity contribution in [2.24, 2.45) is 0 Å². The zero-order valence-corrected chi connectivity index (χ0v) is 13.5. The second-order valence-electron chi connectivity index (χ2n) is 5.74. The van der Waals surface area contributed by atoms with Crippen molar-refractivity contribution in [3.05, 3.63) is 69.2 Å². The van der Waals surface area contributed by atoms with Crippen molar-refractivity contribution < 1.29 is 9.18 Å². The lowest BCUT2D eigenvalue weighted by molar-refractivity contribution is -0.129. The molecule has 3 rings (SSSR count). The molecule has 114 valence electrons. The molecule has 4 heteroatoms. The molecule has 0 N–H and O–H groups in total. The molecule has 2 aromatic rings. The number of thiophene rings is 1. The molecule has 0 spiro atoms. The van der Waals surface area contributed by atoms with Gasteiger partial charge in [-0.15, -0.1) is 11.3 Å². The van der Waals surface area contributed by atoms with Crippen molar-refractivity contribution in [3.8, 4) is 0 Å². The molecule has 2 nitrogen and oxygen atoms in total. The van der Waals surface area contributed by atoms with Gasteiger partial charge in [0, 0.05) is 22.2 Å². The molecule has 1 aromatic carbocycles. The smallest absolute Gasteiger partial charge is 0.282 e. The lowest BCUT2D eigenvalue weighted by Crippen LogP contribution is -2.38. The van der Waals surface area contributed by atoms with E-state index in [4.69, 9.17) is 0 Å². The monoisotopic (exact) mass is 315 g/mol. The number of carbonyl (C=O) groups is 1. The van der Waals surface area contributed by atoms with Gasteiger partial charge in [0.25, 0.3) is 5.91 Å². The third-order valence-corrected chi connectivity index (χ3v) is 5.21. The van der Waals surface area contributed by atoms with Crippen LogP contribution in [-0.2, 0) is 11.3 Å². The average molecular weight is 315 g/mol. The number of amides is 1. The van der Waals surface area contributed by atoms with Crippen molar-refractivity contribution in [2.45, 2.75) is 26.3 Å². The second kappa shape index (κ2) is 5.69. The zero-order chi connectivity index (χ0) is 15.9. The third-order valence-electron chi connectivity index (χ3n) is 4.16. The van der Waals surface area contributed by atoms with E-state index < -0.39 is 11.7 Å². The molecule has 0 radical (unpaired) electrons. The van der Waals surface area contributed by atoms with Crippen LogP contribution in [0.5, 0.6) is 0 Å². The van der Waals surface area contributed by atoms with E-state index in [-0.39, 0.29) is 5.92 Å². The Hall–Kier alpha value is -1.94. The summed E-state index contributed by atoms with van der Waals surface area (Å²) in [4.78, 5) is 16.0. The van der Waals surface area contributed by atoms with Crippen LogP contribution in [0.2, 0.25) is 0 Å². The molecule has 1 aliphatic rings. The molecule has 0 unspecified atom stereocenters. The Bertz CT molecular complexity index is 749. The summed E-state index contributed by atoms with van der Waals surface area (Å²) in [5, 5.41) is 0. The minimum Gasteiger partial charge on any atom is -0.331 e. The van der Waals surface area contributed by atoms with E-state index in [2.05, 4.69) is 38.6 Å². The van der Waals surface area contributed by atoms with Crippen molar-refractivity contribution in [1.29, 1.82) is 0 Å². The van der Waals surface area contributed by atoms with Gasteiger partial charge in [0.1, 0.15) is 0 Å². The van der Waals surface area contributed by atoms with Crippen LogP contribution < -0.4 is 0 Å². The van der Waals surface area contributed by atoms with E-state index >= 15 is 0 Å². The maximum absolute atomic E-state index is 13.3. The summed E-state index contributed by atoms with van der Waals surface area (Å²) >= 11 is 1.68. The van der Waals surface area contributed by atoms with Gasteiger partial charge in [-0.2, -0.15) is 0 Å². The summed E-state index contributed by atoms with van der Waals surface area (Å²) in [5.74, 6) is -1.39. The van der Waals surface area contributed by atoms with E-state index in [0.29, 0.717) is 13.1 Å². The number of rotatable bonds is 2. The number of aryl methyl sites for hydroxylation is 2. The highest BCUT2D eigenvalue weighted by molar-refractivity contribution is 7.12. The van der Waals surface area contributed by atoms with Crippen molar-refractivity contribution in [3.63, 3.8) is 0 Å². The van der Waals surface area contributed by atoms with Gasteiger partial charge in [-0.1, -0.05) is 30.8 Å².